The Balaban J connectivity index is 2.00. The van der Waals surface area contributed by atoms with Crippen LogP contribution in [0.1, 0.15) is 29.4 Å². The number of nitrogens with one attached hydrogen (secondary N) is 1. The molecule has 0 aliphatic carbocycles. The van der Waals surface area contributed by atoms with Crippen LogP contribution in [0.25, 0.3) is 0 Å². The minimum absolute atomic E-state index is 0.0135. The molecule has 0 spiro atoms. The summed E-state index contributed by atoms with van der Waals surface area (Å²) in [7, 11) is 1.27. The van der Waals surface area contributed by atoms with Crippen molar-refractivity contribution >= 4 is 29.2 Å². The van der Waals surface area contributed by atoms with E-state index < -0.39 is 53.4 Å². The van der Waals surface area contributed by atoms with Crippen LogP contribution in [0.15, 0.2) is 29.4 Å². The molecule has 1 aromatic carbocycles. The molecule has 2 unspecified atom stereocenters. The second-order valence-corrected chi connectivity index (χ2v) is 7.49. The average Bonchev–Trinajstić information content (AvgIpc) is 2.68. The Labute approximate surface area is 183 Å². The van der Waals surface area contributed by atoms with Crippen molar-refractivity contribution in [2.24, 2.45) is 10.7 Å². The number of alkyl halides is 3. The van der Waals surface area contributed by atoms with Gasteiger partial charge >= 0.3 is 6.18 Å². The SMILES string of the molecule is COc1cc(Cl)cnc1C(=O)Nc1cc(F)c(F)c(C2(C)CC(C(F)(F)F)OC(N)=N2)c1. The largest absolute Gasteiger partial charge is 0.494 e. The van der Waals surface area contributed by atoms with Crippen LogP contribution < -0.4 is 15.8 Å². The lowest BCUT2D eigenvalue weighted by Gasteiger charge is -2.36. The molecule has 1 amide bonds. The van der Waals surface area contributed by atoms with Crippen molar-refractivity contribution in [3.05, 3.63) is 52.3 Å². The van der Waals surface area contributed by atoms with Crippen molar-refractivity contribution in [1.29, 1.82) is 0 Å². The molecule has 1 aliphatic rings. The third-order valence-corrected chi connectivity index (χ3v) is 4.90. The smallest absolute Gasteiger partial charge is 0.425 e. The highest BCUT2D eigenvalue weighted by atomic mass is 35.5. The molecule has 1 aromatic heterocycles. The number of anilines is 1. The van der Waals surface area contributed by atoms with Gasteiger partial charge in [0.05, 0.1) is 17.7 Å². The third-order valence-electron chi connectivity index (χ3n) is 4.69. The van der Waals surface area contributed by atoms with E-state index in [1.54, 1.807) is 0 Å². The fourth-order valence-electron chi connectivity index (χ4n) is 3.21. The second-order valence-electron chi connectivity index (χ2n) is 7.05. The van der Waals surface area contributed by atoms with Gasteiger partial charge in [0, 0.05) is 36.0 Å². The third kappa shape index (κ3) is 4.69. The maximum atomic E-state index is 14.6. The maximum absolute atomic E-state index is 14.6. The van der Waals surface area contributed by atoms with E-state index in [2.05, 4.69) is 20.0 Å². The molecule has 0 radical (unpaired) electrons. The van der Waals surface area contributed by atoms with Crippen molar-refractivity contribution in [3.8, 4) is 5.75 Å². The highest BCUT2D eigenvalue weighted by molar-refractivity contribution is 6.30. The zero-order valence-corrected chi connectivity index (χ0v) is 17.3. The van der Waals surface area contributed by atoms with E-state index in [0.29, 0.717) is 6.07 Å². The normalized spacial score (nSPS) is 20.9. The highest BCUT2D eigenvalue weighted by Crippen LogP contribution is 2.42. The number of amides is 1. The molecule has 0 bridgehead atoms. The van der Waals surface area contributed by atoms with E-state index in [-0.39, 0.29) is 22.2 Å². The Kier molecular flexibility index (Phi) is 6.18. The number of aliphatic imine (C=N–C) groups is 1. The van der Waals surface area contributed by atoms with E-state index in [1.807, 2.05) is 0 Å². The van der Waals surface area contributed by atoms with Gasteiger partial charge in [-0.15, -0.1) is 0 Å². The lowest BCUT2D eigenvalue weighted by molar-refractivity contribution is -0.208. The van der Waals surface area contributed by atoms with Crippen molar-refractivity contribution < 1.29 is 36.2 Å². The number of hydrogen-bond acceptors (Lipinski definition) is 6. The predicted octanol–water partition coefficient (Wildman–Crippen LogP) is 4.16. The number of nitrogens with two attached hydrogens (primary N) is 1. The fourth-order valence-corrected chi connectivity index (χ4v) is 3.35. The molecule has 0 saturated heterocycles. The van der Waals surface area contributed by atoms with Gasteiger partial charge in [-0.2, -0.15) is 13.2 Å². The van der Waals surface area contributed by atoms with Gasteiger partial charge < -0.3 is 20.5 Å². The lowest BCUT2D eigenvalue weighted by atomic mass is 9.85. The van der Waals surface area contributed by atoms with Crippen LogP contribution >= 0.6 is 11.6 Å². The molecule has 1 aliphatic heterocycles. The van der Waals surface area contributed by atoms with Crippen molar-refractivity contribution in [3.63, 3.8) is 0 Å². The number of ether oxygens (including phenoxy) is 2. The molecule has 0 fully saturated rings. The quantitative estimate of drug-likeness (QED) is 0.643. The van der Waals surface area contributed by atoms with E-state index in [9.17, 15) is 26.7 Å². The van der Waals surface area contributed by atoms with Crippen molar-refractivity contribution in [1.82, 2.24) is 4.98 Å². The molecule has 13 heteroatoms. The Morgan fingerprint density at radius 2 is 2.03 bits per heavy atom. The van der Waals surface area contributed by atoms with Gasteiger partial charge in [0.2, 0.25) is 0 Å². The second kappa shape index (κ2) is 8.41. The van der Waals surface area contributed by atoms with Crippen LogP contribution in [0.2, 0.25) is 5.02 Å². The Morgan fingerprint density at radius 3 is 2.66 bits per heavy atom. The van der Waals surface area contributed by atoms with E-state index in [0.717, 1.165) is 13.0 Å². The summed E-state index contributed by atoms with van der Waals surface area (Å²) in [4.78, 5) is 20.2. The first-order chi connectivity index (χ1) is 14.8. The Bertz CT molecular complexity index is 1100. The average molecular weight is 479 g/mol. The lowest BCUT2D eigenvalue weighted by Crippen LogP contribution is -2.46. The number of halogens is 6. The van der Waals surface area contributed by atoms with Gasteiger partial charge in [0.15, 0.2) is 29.2 Å². The molecular formula is C19H16ClF5N4O3. The predicted molar refractivity (Wildman–Crippen MR) is 105 cm³/mol. The standard InChI is InChI=1S/C19H16ClF5N4O3/c1-18(6-13(19(23,24)25)32-17(26)29-18)10-4-9(5-11(21)14(10)22)28-16(30)15-12(31-2)3-8(20)7-27-15/h3-5,7,13H,6H2,1-2H3,(H2,26,29)(H,28,30). The molecule has 2 aromatic rings. The molecule has 7 nitrogen and oxygen atoms in total. The molecule has 32 heavy (non-hydrogen) atoms. The Morgan fingerprint density at radius 1 is 1.34 bits per heavy atom. The minimum Gasteiger partial charge on any atom is -0.494 e. The molecule has 3 rings (SSSR count). The van der Waals surface area contributed by atoms with Crippen LogP contribution in [0.5, 0.6) is 5.75 Å². The molecule has 2 atom stereocenters. The first-order valence-electron chi connectivity index (χ1n) is 8.93. The number of rotatable bonds is 4. The number of hydrogen-bond donors (Lipinski definition) is 2. The number of benzene rings is 1. The van der Waals surface area contributed by atoms with Crippen LogP contribution in [0, 0.1) is 11.6 Å². The van der Waals surface area contributed by atoms with Crippen LogP contribution in [-0.4, -0.2) is 36.3 Å². The van der Waals surface area contributed by atoms with Gasteiger partial charge in [-0.3, -0.25) is 4.79 Å². The number of carbonyl (C=O) groups is 1. The molecular weight excluding hydrogens is 463 g/mol. The summed E-state index contributed by atoms with van der Waals surface area (Å²) in [5.41, 5.74) is 2.43. The van der Waals surface area contributed by atoms with Crippen molar-refractivity contribution in [2.75, 3.05) is 12.4 Å². The van der Waals surface area contributed by atoms with Gasteiger partial charge in [0.25, 0.3) is 11.9 Å². The van der Waals surface area contributed by atoms with Gasteiger partial charge in [0.1, 0.15) is 0 Å². The summed E-state index contributed by atoms with van der Waals surface area (Å²) in [6.45, 7) is 1.15. The summed E-state index contributed by atoms with van der Waals surface area (Å²) in [6.07, 6.45) is -6.89. The maximum Gasteiger partial charge on any atom is 0.425 e. The Hall–Kier alpha value is -3.15. The minimum atomic E-state index is -4.82. The number of amidine groups is 1. The van der Waals surface area contributed by atoms with Crippen LogP contribution in [0.4, 0.5) is 27.6 Å². The zero-order valence-electron chi connectivity index (χ0n) is 16.6. The molecule has 172 valence electrons. The number of aromatic nitrogens is 1. The van der Waals surface area contributed by atoms with E-state index in [1.165, 1.54) is 19.4 Å². The van der Waals surface area contributed by atoms with Crippen molar-refractivity contribution in [2.45, 2.75) is 31.2 Å². The topological polar surface area (TPSA) is 98.8 Å². The number of nitrogens with zero attached hydrogens (tertiary/aromatic N) is 2. The zero-order chi connectivity index (χ0) is 23.8. The summed E-state index contributed by atoms with van der Waals surface area (Å²) < 4.78 is 78.1. The van der Waals surface area contributed by atoms with Gasteiger partial charge in [-0.05, 0) is 13.0 Å². The summed E-state index contributed by atoms with van der Waals surface area (Å²) in [6, 6.07) is 2.12. The van der Waals surface area contributed by atoms with E-state index in [4.69, 9.17) is 22.1 Å². The number of pyridine rings is 1. The molecule has 0 saturated carbocycles. The van der Waals surface area contributed by atoms with E-state index >= 15 is 0 Å². The monoisotopic (exact) mass is 478 g/mol. The van der Waals surface area contributed by atoms with Gasteiger partial charge in [-0.1, -0.05) is 11.6 Å². The number of carbonyl (C=O) groups excluding carboxylic acids is 1. The fraction of sp³-hybridized carbons (Fsp3) is 0.316. The molecule has 3 N–H and O–H groups in total. The molecule has 2 heterocycles. The number of methoxy groups -OCH3 is 1. The highest BCUT2D eigenvalue weighted by Gasteiger charge is 2.50. The first-order valence-corrected chi connectivity index (χ1v) is 9.31. The summed E-state index contributed by atoms with van der Waals surface area (Å²) in [5.74, 6) is -3.70. The van der Waals surface area contributed by atoms with Gasteiger partial charge in [-0.25, -0.2) is 18.8 Å². The van der Waals surface area contributed by atoms with Crippen LogP contribution in [0.3, 0.4) is 0 Å². The summed E-state index contributed by atoms with van der Waals surface area (Å²) in [5, 5.41) is 2.50. The summed E-state index contributed by atoms with van der Waals surface area (Å²) >= 11 is 5.80. The van der Waals surface area contributed by atoms with Crippen LogP contribution in [-0.2, 0) is 10.3 Å². The first kappa shape index (κ1) is 23.5.